The van der Waals surface area contributed by atoms with Gasteiger partial charge in [-0.3, -0.25) is 19.3 Å². The Morgan fingerprint density at radius 1 is 0.929 bits per heavy atom. The number of ether oxygens (including phenoxy) is 1. The highest BCUT2D eigenvalue weighted by Gasteiger charge is 2.21. The number of amides is 2. The van der Waals surface area contributed by atoms with Gasteiger partial charge in [0.15, 0.2) is 0 Å². The van der Waals surface area contributed by atoms with E-state index in [1.807, 2.05) is 0 Å². The average Bonchev–Trinajstić information content (AvgIpc) is 2.98. The summed E-state index contributed by atoms with van der Waals surface area (Å²) in [5.74, 6) is -0.331. The zero-order chi connectivity index (χ0) is 30.3. The molecule has 0 radical (unpaired) electrons. The van der Waals surface area contributed by atoms with Crippen LogP contribution in [0.2, 0.25) is 5.02 Å². The van der Waals surface area contributed by atoms with Crippen LogP contribution in [0.25, 0.3) is 11.1 Å². The lowest BCUT2D eigenvalue weighted by molar-refractivity contribution is 0.0827. The molecule has 0 bridgehead atoms. The molecule has 4 aromatic rings. The molecule has 10 nitrogen and oxygen atoms in total. The van der Waals surface area contributed by atoms with Crippen LogP contribution in [0, 0.1) is 0 Å². The highest BCUT2D eigenvalue weighted by atomic mass is 35.5. The molecule has 0 unspecified atom stereocenters. The zero-order valence-electron chi connectivity index (χ0n) is 23.2. The molecule has 4 rings (SSSR count). The van der Waals surface area contributed by atoms with Gasteiger partial charge in [0.2, 0.25) is 0 Å². The monoisotopic (exact) mass is 607 g/mol. The van der Waals surface area contributed by atoms with E-state index in [1.165, 1.54) is 30.5 Å². The Bertz CT molecular complexity index is 1710. The van der Waals surface area contributed by atoms with E-state index in [4.69, 9.17) is 16.3 Å². The van der Waals surface area contributed by atoms with Crippen molar-refractivity contribution >= 4 is 44.8 Å². The molecule has 3 aromatic carbocycles. The molecule has 1 heterocycles. The van der Waals surface area contributed by atoms with Crippen LogP contribution in [0.3, 0.4) is 0 Å². The third-order valence-electron chi connectivity index (χ3n) is 6.17. The van der Waals surface area contributed by atoms with Crippen molar-refractivity contribution in [3.05, 3.63) is 101 Å². The van der Waals surface area contributed by atoms with Gasteiger partial charge in [0.25, 0.3) is 21.8 Å². The fourth-order valence-corrected chi connectivity index (χ4v) is 5.52. The Morgan fingerprint density at radius 2 is 1.67 bits per heavy atom. The van der Waals surface area contributed by atoms with Crippen molar-refractivity contribution in [2.24, 2.45) is 0 Å². The number of sulfonamides is 1. The standard InChI is InChI=1S/C30H30ClN5O5S/c1-36(2)30(38)22-7-4-6-20(16-22)21-10-11-27(41-3)28(17-21)42(39,40)35-24-9-5-8-23(18-24)33-14-15-34-29(37)25-19-32-13-12-26(25)31/h4-13,16-19,33,35H,14-15H2,1-3H3,(H,34,37). The maximum absolute atomic E-state index is 13.5. The van der Waals surface area contributed by atoms with Crippen molar-refractivity contribution in [1.82, 2.24) is 15.2 Å². The van der Waals surface area contributed by atoms with Gasteiger partial charge in [0.1, 0.15) is 10.6 Å². The second-order valence-electron chi connectivity index (χ2n) is 9.37. The van der Waals surface area contributed by atoms with Crippen LogP contribution in [-0.2, 0) is 10.0 Å². The van der Waals surface area contributed by atoms with E-state index in [0.29, 0.717) is 46.2 Å². The Hall–Kier alpha value is -4.61. The molecule has 0 saturated carbocycles. The molecule has 3 N–H and O–H groups in total. The summed E-state index contributed by atoms with van der Waals surface area (Å²) >= 11 is 6.03. The Kier molecular flexibility index (Phi) is 9.66. The third-order valence-corrected chi connectivity index (χ3v) is 7.90. The van der Waals surface area contributed by atoms with Crippen LogP contribution in [0.5, 0.6) is 5.75 Å². The van der Waals surface area contributed by atoms with E-state index in [-0.39, 0.29) is 28.0 Å². The molecular weight excluding hydrogens is 578 g/mol. The van der Waals surface area contributed by atoms with Gasteiger partial charge in [-0.2, -0.15) is 0 Å². The Balaban J connectivity index is 1.47. The summed E-state index contributed by atoms with van der Waals surface area (Å²) in [6.45, 7) is 0.677. The molecule has 0 atom stereocenters. The van der Waals surface area contributed by atoms with Crippen LogP contribution in [-0.4, -0.2) is 64.4 Å². The van der Waals surface area contributed by atoms with Crippen molar-refractivity contribution in [2.75, 3.05) is 44.3 Å². The van der Waals surface area contributed by atoms with Gasteiger partial charge in [-0.15, -0.1) is 0 Å². The Morgan fingerprint density at radius 3 is 2.40 bits per heavy atom. The minimum absolute atomic E-state index is 0.0537. The van der Waals surface area contributed by atoms with Gasteiger partial charge in [-0.1, -0.05) is 35.9 Å². The summed E-state index contributed by atoms with van der Waals surface area (Å²) in [6, 6.07) is 20.1. The molecule has 0 spiro atoms. The number of carbonyl (C=O) groups is 2. The van der Waals surface area contributed by atoms with Crippen molar-refractivity contribution < 1.29 is 22.7 Å². The lowest BCUT2D eigenvalue weighted by Crippen LogP contribution is -2.29. The number of carbonyl (C=O) groups excluding carboxylic acids is 2. The average molecular weight is 608 g/mol. The number of methoxy groups -OCH3 is 1. The second-order valence-corrected chi connectivity index (χ2v) is 11.4. The van der Waals surface area contributed by atoms with E-state index in [0.717, 1.165) is 0 Å². The SMILES string of the molecule is COc1ccc(-c2cccc(C(=O)N(C)C)c2)cc1S(=O)(=O)Nc1cccc(NCCNC(=O)c2cnccc2Cl)c1. The number of hydrogen-bond acceptors (Lipinski definition) is 7. The molecule has 0 aliphatic rings. The fourth-order valence-electron chi connectivity index (χ4n) is 4.08. The lowest BCUT2D eigenvalue weighted by Gasteiger charge is -2.15. The summed E-state index contributed by atoms with van der Waals surface area (Å²) in [4.78, 5) is 30.1. The number of halogens is 1. The molecule has 0 aliphatic heterocycles. The van der Waals surface area contributed by atoms with Gasteiger partial charge in [-0.25, -0.2) is 8.42 Å². The molecule has 0 aliphatic carbocycles. The lowest BCUT2D eigenvalue weighted by atomic mass is 10.0. The number of hydrogen-bond donors (Lipinski definition) is 3. The van der Waals surface area contributed by atoms with Crippen molar-refractivity contribution in [2.45, 2.75) is 4.90 Å². The second kappa shape index (κ2) is 13.4. The van der Waals surface area contributed by atoms with Crippen LogP contribution in [0.1, 0.15) is 20.7 Å². The van der Waals surface area contributed by atoms with Crippen molar-refractivity contribution in [3.63, 3.8) is 0 Å². The molecule has 42 heavy (non-hydrogen) atoms. The number of anilines is 2. The maximum Gasteiger partial charge on any atom is 0.265 e. The van der Waals surface area contributed by atoms with Crippen LogP contribution in [0.4, 0.5) is 11.4 Å². The minimum Gasteiger partial charge on any atom is -0.495 e. The van der Waals surface area contributed by atoms with Gasteiger partial charge in [0.05, 0.1) is 23.4 Å². The molecule has 2 amide bonds. The summed E-state index contributed by atoms with van der Waals surface area (Å²) < 4.78 is 35.0. The summed E-state index contributed by atoms with van der Waals surface area (Å²) in [5.41, 5.74) is 3.04. The first-order chi connectivity index (χ1) is 20.1. The fraction of sp³-hybridized carbons (Fsp3) is 0.167. The number of rotatable bonds is 11. The highest BCUT2D eigenvalue weighted by molar-refractivity contribution is 7.92. The predicted molar refractivity (Wildman–Crippen MR) is 164 cm³/mol. The maximum atomic E-state index is 13.5. The predicted octanol–water partition coefficient (Wildman–Crippen LogP) is 4.76. The third kappa shape index (κ3) is 7.36. The summed E-state index contributed by atoms with van der Waals surface area (Å²) in [5, 5.41) is 6.22. The van der Waals surface area contributed by atoms with E-state index in [2.05, 4.69) is 20.3 Å². The normalized spacial score (nSPS) is 11.0. The quantitative estimate of drug-likeness (QED) is 0.210. The first-order valence-electron chi connectivity index (χ1n) is 12.8. The van der Waals surface area contributed by atoms with E-state index >= 15 is 0 Å². The van der Waals surface area contributed by atoms with Gasteiger partial charge in [0, 0.05) is 50.8 Å². The van der Waals surface area contributed by atoms with Crippen molar-refractivity contribution in [1.29, 1.82) is 0 Å². The number of nitrogens with zero attached hydrogens (tertiary/aromatic N) is 2. The first-order valence-corrected chi connectivity index (χ1v) is 14.7. The van der Waals surface area contributed by atoms with Crippen LogP contribution < -0.4 is 20.1 Å². The molecule has 0 saturated heterocycles. The van der Waals surface area contributed by atoms with Gasteiger partial charge < -0.3 is 20.3 Å². The molecular formula is C30H30ClN5O5S. The molecule has 0 fully saturated rings. The molecule has 12 heteroatoms. The van der Waals surface area contributed by atoms with E-state index in [1.54, 1.807) is 80.8 Å². The summed E-state index contributed by atoms with van der Waals surface area (Å²) in [7, 11) is 0.667. The van der Waals surface area contributed by atoms with Gasteiger partial charge in [-0.05, 0) is 59.7 Å². The summed E-state index contributed by atoms with van der Waals surface area (Å²) in [6.07, 6.45) is 2.90. The van der Waals surface area contributed by atoms with Crippen molar-refractivity contribution in [3.8, 4) is 16.9 Å². The zero-order valence-corrected chi connectivity index (χ0v) is 24.8. The Labute approximate surface area is 249 Å². The van der Waals surface area contributed by atoms with Gasteiger partial charge >= 0.3 is 0 Å². The minimum atomic E-state index is -4.07. The number of aromatic nitrogens is 1. The van der Waals surface area contributed by atoms with Crippen LogP contribution >= 0.6 is 11.6 Å². The van der Waals surface area contributed by atoms with E-state index < -0.39 is 10.0 Å². The van der Waals surface area contributed by atoms with Crippen LogP contribution in [0.15, 0.2) is 90.1 Å². The largest absolute Gasteiger partial charge is 0.495 e. The molecule has 218 valence electrons. The number of nitrogens with one attached hydrogen (secondary N) is 3. The van der Waals surface area contributed by atoms with E-state index in [9.17, 15) is 18.0 Å². The number of pyridine rings is 1. The topological polar surface area (TPSA) is 130 Å². The molecule has 1 aromatic heterocycles. The first kappa shape index (κ1) is 30.4. The highest BCUT2D eigenvalue weighted by Crippen LogP contribution is 2.32. The number of benzene rings is 3. The smallest absolute Gasteiger partial charge is 0.265 e.